The predicted octanol–water partition coefficient (Wildman–Crippen LogP) is 1.99. The van der Waals surface area contributed by atoms with E-state index in [2.05, 4.69) is 22.6 Å². The Bertz CT molecular complexity index is 252. The van der Waals surface area contributed by atoms with Gasteiger partial charge in [0.25, 0.3) is 0 Å². The third-order valence-corrected chi connectivity index (χ3v) is 2.58. The van der Waals surface area contributed by atoms with Crippen LogP contribution < -0.4 is 11.5 Å². The van der Waals surface area contributed by atoms with Crippen LogP contribution >= 0.6 is 34.2 Å². The van der Waals surface area contributed by atoms with Crippen LogP contribution in [0.4, 0.5) is 5.69 Å². The summed E-state index contributed by atoms with van der Waals surface area (Å²) >= 11 is 7.95. The molecule has 0 saturated heterocycles. The van der Waals surface area contributed by atoms with Crippen molar-refractivity contribution >= 4 is 39.9 Å². The summed E-state index contributed by atoms with van der Waals surface area (Å²) in [6, 6.07) is 3.72. The molecule has 0 aliphatic heterocycles. The summed E-state index contributed by atoms with van der Waals surface area (Å²) in [5, 5.41) is 0.581. The van der Waals surface area contributed by atoms with Gasteiger partial charge < -0.3 is 11.5 Å². The van der Waals surface area contributed by atoms with Gasteiger partial charge in [-0.2, -0.15) is 0 Å². The Balaban J connectivity index is 3.21. The van der Waals surface area contributed by atoms with Crippen molar-refractivity contribution in [1.82, 2.24) is 0 Å². The number of hydrogen-bond donors (Lipinski definition) is 2. The minimum absolute atomic E-state index is 0.496. The quantitative estimate of drug-likeness (QED) is 0.611. The summed E-state index contributed by atoms with van der Waals surface area (Å²) in [6.45, 7) is 0.496. The van der Waals surface area contributed by atoms with Crippen LogP contribution in [0.25, 0.3) is 0 Å². The van der Waals surface area contributed by atoms with Gasteiger partial charge in [-0.3, -0.25) is 0 Å². The first-order valence-electron chi connectivity index (χ1n) is 3.08. The van der Waals surface area contributed by atoms with Crippen molar-refractivity contribution in [2.45, 2.75) is 6.54 Å². The molecule has 1 rings (SSSR count). The van der Waals surface area contributed by atoms with Gasteiger partial charge in [-0.1, -0.05) is 11.6 Å². The standard InChI is InChI=1S/C7H8ClIN2/c8-5-1-4(3-10)2-6(9)7(5)11/h1-2H,3,10-11H2. The summed E-state index contributed by atoms with van der Waals surface area (Å²) < 4.78 is 0.954. The Hall–Kier alpha value is -0.000000000000000111. The Morgan fingerprint density at radius 2 is 2.09 bits per heavy atom. The van der Waals surface area contributed by atoms with Gasteiger partial charge in [0.1, 0.15) is 0 Å². The SMILES string of the molecule is NCc1cc(Cl)c(N)c(I)c1. The van der Waals surface area contributed by atoms with Gasteiger partial charge in [-0.25, -0.2) is 0 Å². The van der Waals surface area contributed by atoms with Crippen molar-refractivity contribution in [3.63, 3.8) is 0 Å². The van der Waals surface area contributed by atoms with Gasteiger partial charge in [-0.05, 0) is 40.3 Å². The molecule has 60 valence electrons. The molecule has 0 aromatic heterocycles. The number of benzene rings is 1. The van der Waals surface area contributed by atoms with Crippen molar-refractivity contribution < 1.29 is 0 Å². The Labute approximate surface area is 84.0 Å². The molecule has 1 aromatic rings. The van der Waals surface area contributed by atoms with E-state index in [9.17, 15) is 0 Å². The highest BCUT2D eigenvalue weighted by molar-refractivity contribution is 14.1. The lowest BCUT2D eigenvalue weighted by Gasteiger charge is -2.03. The molecule has 0 saturated carbocycles. The fourth-order valence-corrected chi connectivity index (χ4v) is 1.85. The van der Waals surface area contributed by atoms with Crippen molar-refractivity contribution in [2.75, 3.05) is 5.73 Å². The molecule has 0 aliphatic carbocycles. The first-order chi connectivity index (χ1) is 5.15. The maximum atomic E-state index is 5.81. The predicted molar refractivity (Wildman–Crippen MR) is 56.5 cm³/mol. The van der Waals surface area contributed by atoms with Gasteiger partial charge >= 0.3 is 0 Å². The van der Waals surface area contributed by atoms with Crippen molar-refractivity contribution in [3.8, 4) is 0 Å². The van der Waals surface area contributed by atoms with Crippen LogP contribution in [0.1, 0.15) is 5.56 Å². The zero-order valence-electron chi connectivity index (χ0n) is 5.77. The maximum absolute atomic E-state index is 5.81. The summed E-state index contributed by atoms with van der Waals surface area (Å²) in [4.78, 5) is 0. The summed E-state index contributed by atoms with van der Waals surface area (Å²) in [5.41, 5.74) is 12.7. The van der Waals surface area contributed by atoms with Crippen LogP contribution in [0.2, 0.25) is 5.02 Å². The van der Waals surface area contributed by atoms with E-state index in [1.807, 2.05) is 6.07 Å². The number of halogens is 2. The van der Waals surface area contributed by atoms with E-state index in [1.165, 1.54) is 0 Å². The summed E-state index contributed by atoms with van der Waals surface area (Å²) in [7, 11) is 0. The molecule has 0 fully saturated rings. The fourth-order valence-electron chi connectivity index (χ4n) is 0.755. The van der Waals surface area contributed by atoms with Crippen LogP contribution in [0.15, 0.2) is 12.1 Å². The highest BCUT2D eigenvalue weighted by Crippen LogP contribution is 2.25. The lowest BCUT2D eigenvalue weighted by molar-refractivity contribution is 1.07. The molecule has 0 bridgehead atoms. The minimum Gasteiger partial charge on any atom is -0.397 e. The van der Waals surface area contributed by atoms with Crippen molar-refractivity contribution in [3.05, 3.63) is 26.3 Å². The molecule has 4 N–H and O–H groups in total. The second kappa shape index (κ2) is 3.60. The van der Waals surface area contributed by atoms with Gasteiger partial charge in [0.2, 0.25) is 0 Å². The number of rotatable bonds is 1. The van der Waals surface area contributed by atoms with Crippen molar-refractivity contribution in [2.24, 2.45) is 5.73 Å². The van der Waals surface area contributed by atoms with E-state index in [4.69, 9.17) is 23.1 Å². The summed E-state index contributed by atoms with van der Waals surface area (Å²) in [6.07, 6.45) is 0. The second-order valence-electron chi connectivity index (χ2n) is 2.18. The molecular weight excluding hydrogens is 274 g/mol. The molecule has 1 aromatic carbocycles. The zero-order valence-corrected chi connectivity index (χ0v) is 8.69. The van der Waals surface area contributed by atoms with Gasteiger partial charge in [-0.15, -0.1) is 0 Å². The summed E-state index contributed by atoms with van der Waals surface area (Å²) in [5.74, 6) is 0. The molecule has 0 radical (unpaired) electrons. The van der Waals surface area contributed by atoms with Gasteiger partial charge in [0.15, 0.2) is 0 Å². The first-order valence-corrected chi connectivity index (χ1v) is 4.54. The normalized spacial score (nSPS) is 10.1. The Morgan fingerprint density at radius 1 is 1.45 bits per heavy atom. The van der Waals surface area contributed by atoms with Crippen LogP contribution in [0.3, 0.4) is 0 Å². The third kappa shape index (κ3) is 1.98. The van der Waals surface area contributed by atoms with E-state index >= 15 is 0 Å². The highest BCUT2D eigenvalue weighted by atomic mass is 127. The van der Waals surface area contributed by atoms with E-state index in [-0.39, 0.29) is 0 Å². The van der Waals surface area contributed by atoms with Crippen LogP contribution in [-0.2, 0) is 6.54 Å². The minimum atomic E-state index is 0.496. The number of anilines is 1. The molecular formula is C7H8ClIN2. The smallest absolute Gasteiger partial charge is 0.0649 e. The fraction of sp³-hybridized carbons (Fsp3) is 0.143. The molecule has 0 amide bonds. The molecule has 0 aliphatic rings. The monoisotopic (exact) mass is 282 g/mol. The molecule has 0 unspecified atom stereocenters. The Morgan fingerprint density at radius 3 is 2.55 bits per heavy atom. The molecule has 0 spiro atoms. The van der Waals surface area contributed by atoms with E-state index in [0.717, 1.165) is 9.13 Å². The average Bonchev–Trinajstić information content (AvgIpc) is 1.99. The lowest BCUT2D eigenvalue weighted by atomic mass is 10.2. The molecule has 11 heavy (non-hydrogen) atoms. The largest absolute Gasteiger partial charge is 0.397 e. The second-order valence-corrected chi connectivity index (χ2v) is 3.75. The van der Waals surface area contributed by atoms with Crippen molar-refractivity contribution in [1.29, 1.82) is 0 Å². The van der Waals surface area contributed by atoms with Gasteiger partial charge in [0, 0.05) is 10.1 Å². The van der Waals surface area contributed by atoms with Crippen LogP contribution in [0.5, 0.6) is 0 Å². The van der Waals surface area contributed by atoms with E-state index in [1.54, 1.807) is 6.07 Å². The van der Waals surface area contributed by atoms with Gasteiger partial charge in [0.05, 0.1) is 10.7 Å². The average molecular weight is 283 g/mol. The Kier molecular flexibility index (Phi) is 2.98. The number of hydrogen-bond acceptors (Lipinski definition) is 2. The van der Waals surface area contributed by atoms with Crippen LogP contribution in [0, 0.1) is 3.57 Å². The molecule has 2 nitrogen and oxygen atoms in total. The molecule has 4 heteroatoms. The highest BCUT2D eigenvalue weighted by Gasteiger charge is 2.02. The zero-order chi connectivity index (χ0) is 8.43. The molecule has 0 heterocycles. The topological polar surface area (TPSA) is 52.0 Å². The third-order valence-electron chi connectivity index (χ3n) is 1.37. The van der Waals surface area contributed by atoms with Crippen LogP contribution in [-0.4, -0.2) is 0 Å². The maximum Gasteiger partial charge on any atom is 0.0649 e. The first kappa shape index (κ1) is 9.09. The number of nitrogen functional groups attached to an aromatic ring is 1. The van der Waals surface area contributed by atoms with E-state index < -0.39 is 0 Å². The number of nitrogens with two attached hydrogens (primary N) is 2. The lowest BCUT2D eigenvalue weighted by Crippen LogP contribution is -1.99. The van der Waals surface area contributed by atoms with E-state index in [0.29, 0.717) is 17.3 Å². The molecule has 0 atom stereocenters.